The van der Waals surface area contributed by atoms with Gasteiger partial charge in [0.25, 0.3) is 11.6 Å². The molecule has 1 amide bonds. The number of carbonyl (C=O) groups is 1. The van der Waals surface area contributed by atoms with Crippen molar-refractivity contribution in [1.29, 1.82) is 5.26 Å². The molecule has 3 N–H and O–H groups in total. The fourth-order valence-corrected chi connectivity index (χ4v) is 1.95. The van der Waals surface area contributed by atoms with Crippen molar-refractivity contribution in [3.05, 3.63) is 69.4 Å². The van der Waals surface area contributed by atoms with Crippen LogP contribution in [0.3, 0.4) is 0 Å². The molecule has 0 fully saturated rings. The van der Waals surface area contributed by atoms with Gasteiger partial charge in [-0.1, -0.05) is 11.6 Å². The maximum Gasteiger partial charge on any atom is 0.271 e. The molecule has 0 unspecified atom stereocenters. The van der Waals surface area contributed by atoms with Crippen LogP contribution in [-0.2, 0) is 4.79 Å². The number of nitro benzene ring substituents is 1. The van der Waals surface area contributed by atoms with Crippen LogP contribution in [0.4, 0.5) is 17.1 Å². The first-order valence-corrected chi connectivity index (χ1v) is 7.19. The van der Waals surface area contributed by atoms with Crippen LogP contribution in [0.25, 0.3) is 0 Å². The van der Waals surface area contributed by atoms with E-state index in [9.17, 15) is 20.0 Å². The van der Waals surface area contributed by atoms with Gasteiger partial charge in [-0.15, -0.1) is 0 Å². The van der Waals surface area contributed by atoms with Crippen molar-refractivity contribution in [3.8, 4) is 11.8 Å². The topological polar surface area (TPSA) is 128 Å². The molecule has 0 spiro atoms. The van der Waals surface area contributed by atoms with Crippen LogP contribution in [0.15, 0.2) is 54.2 Å². The molecule has 126 valence electrons. The Balaban J connectivity index is 2.16. The van der Waals surface area contributed by atoms with E-state index in [1.54, 1.807) is 6.07 Å². The predicted molar refractivity (Wildman–Crippen MR) is 92.2 cm³/mol. The lowest BCUT2D eigenvalue weighted by molar-refractivity contribution is -0.384. The quantitative estimate of drug-likeness (QED) is 0.247. The van der Waals surface area contributed by atoms with Gasteiger partial charge in [0.2, 0.25) is 0 Å². The van der Waals surface area contributed by atoms with Gasteiger partial charge < -0.3 is 15.7 Å². The highest BCUT2D eigenvalue weighted by Gasteiger charge is 2.12. The number of phenols is 1. The normalized spacial score (nSPS) is 10.6. The molecule has 2 aromatic rings. The van der Waals surface area contributed by atoms with Crippen molar-refractivity contribution in [3.63, 3.8) is 0 Å². The van der Waals surface area contributed by atoms with Gasteiger partial charge >= 0.3 is 0 Å². The number of benzene rings is 2. The summed E-state index contributed by atoms with van der Waals surface area (Å²) in [5.74, 6) is -0.654. The van der Waals surface area contributed by atoms with E-state index in [-0.39, 0.29) is 27.7 Å². The molecule has 0 bridgehead atoms. The summed E-state index contributed by atoms with van der Waals surface area (Å²) < 4.78 is 0. The number of rotatable bonds is 5. The number of anilines is 2. The van der Waals surface area contributed by atoms with Crippen LogP contribution >= 0.6 is 11.6 Å². The van der Waals surface area contributed by atoms with Gasteiger partial charge in [0.1, 0.15) is 17.4 Å². The third-order valence-electron chi connectivity index (χ3n) is 3.02. The summed E-state index contributed by atoms with van der Waals surface area (Å²) in [6.45, 7) is 0. The monoisotopic (exact) mass is 358 g/mol. The number of carbonyl (C=O) groups excluding carboxylic acids is 1. The Morgan fingerprint density at radius 3 is 2.56 bits per heavy atom. The van der Waals surface area contributed by atoms with Crippen LogP contribution in [0, 0.1) is 21.4 Å². The second-order valence-electron chi connectivity index (χ2n) is 4.74. The van der Waals surface area contributed by atoms with E-state index in [4.69, 9.17) is 16.9 Å². The van der Waals surface area contributed by atoms with Gasteiger partial charge in [-0.25, -0.2) is 0 Å². The zero-order valence-corrected chi connectivity index (χ0v) is 13.3. The minimum atomic E-state index is -0.692. The molecule has 0 aromatic heterocycles. The summed E-state index contributed by atoms with van der Waals surface area (Å²) in [5.41, 5.74) is 0.112. The summed E-state index contributed by atoms with van der Waals surface area (Å²) in [5, 5.41) is 34.4. The lowest BCUT2D eigenvalue weighted by atomic mass is 10.2. The first-order chi connectivity index (χ1) is 11.9. The molecule has 2 aromatic carbocycles. The third-order valence-corrected chi connectivity index (χ3v) is 3.35. The molecule has 0 aliphatic carbocycles. The third kappa shape index (κ3) is 4.70. The molecule has 0 aliphatic rings. The summed E-state index contributed by atoms with van der Waals surface area (Å²) >= 11 is 5.93. The number of non-ortho nitro benzene ring substituents is 1. The maximum atomic E-state index is 12.1. The molecule has 2 rings (SSSR count). The maximum absolute atomic E-state index is 12.1. The van der Waals surface area contributed by atoms with Crippen LogP contribution in [-0.4, -0.2) is 15.9 Å². The molecule has 0 heterocycles. The summed E-state index contributed by atoms with van der Waals surface area (Å²) in [6.07, 6.45) is 1.10. The highest BCUT2D eigenvalue weighted by molar-refractivity contribution is 6.33. The predicted octanol–water partition coefficient (Wildman–Crippen LogP) is 3.41. The molecule has 0 saturated carbocycles. The molecule has 8 nitrogen and oxygen atoms in total. The standard InChI is InChI=1S/C16H11ClN4O4/c17-14-6-3-12(21(24)25)7-15(14)19-9-10(8-18)16(23)20-11-1-4-13(22)5-2-11/h1-7,9,19,22H,(H,20,23)/b10-9-. The second kappa shape index (κ2) is 7.81. The van der Waals surface area contributed by atoms with Gasteiger partial charge in [-0.05, 0) is 30.3 Å². The number of nitrogens with zero attached hydrogens (tertiary/aromatic N) is 2. The number of nitro groups is 1. The average Bonchev–Trinajstić information content (AvgIpc) is 2.58. The molecule has 0 radical (unpaired) electrons. The molecular formula is C16H11ClN4O4. The molecule has 0 aliphatic heterocycles. The van der Waals surface area contributed by atoms with Crippen molar-refractivity contribution >= 4 is 34.6 Å². The largest absolute Gasteiger partial charge is 0.508 e. The highest BCUT2D eigenvalue weighted by Crippen LogP contribution is 2.26. The summed E-state index contributed by atoms with van der Waals surface area (Å²) in [7, 11) is 0. The minimum Gasteiger partial charge on any atom is -0.508 e. The van der Waals surface area contributed by atoms with Crippen LogP contribution in [0.1, 0.15) is 0 Å². The van der Waals surface area contributed by atoms with E-state index in [1.165, 1.54) is 42.5 Å². The fraction of sp³-hybridized carbons (Fsp3) is 0. The van der Waals surface area contributed by atoms with Gasteiger partial charge in [0, 0.05) is 24.0 Å². The number of aromatic hydroxyl groups is 1. The van der Waals surface area contributed by atoms with Gasteiger partial charge in [0.15, 0.2) is 0 Å². The van der Waals surface area contributed by atoms with Gasteiger partial charge in [-0.2, -0.15) is 5.26 Å². The van der Waals surface area contributed by atoms with Crippen molar-refractivity contribution < 1.29 is 14.8 Å². The van der Waals surface area contributed by atoms with Crippen LogP contribution in [0.5, 0.6) is 5.75 Å². The lowest BCUT2D eigenvalue weighted by Gasteiger charge is -2.06. The molecule has 0 saturated heterocycles. The Kier molecular flexibility index (Phi) is 5.55. The van der Waals surface area contributed by atoms with E-state index in [1.807, 2.05) is 0 Å². The van der Waals surface area contributed by atoms with Crippen LogP contribution < -0.4 is 10.6 Å². The number of nitriles is 1. The van der Waals surface area contributed by atoms with E-state index in [0.717, 1.165) is 6.20 Å². The van der Waals surface area contributed by atoms with Gasteiger partial charge in [-0.3, -0.25) is 14.9 Å². The number of hydrogen-bond donors (Lipinski definition) is 3. The van der Waals surface area contributed by atoms with E-state index in [0.29, 0.717) is 5.69 Å². The smallest absolute Gasteiger partial charge is 0.271 e. The van der Waals surface area contributed by atoms with E-state index >= 15 is 0 Å². The number of nitrogens with one attached hydrogen (secondary N) is 2. The minimum absolute atomic E-state index is 0.0380. The molecular weight excluding hydrogens is 348 g/mol. The Morgan fingerprint density at radius 1 is 1.28 bits per heavy atom. The van der Waals surface area contributed by atoms with Crippen molar-refractivity contribution in [2.45, 2.75) is 0 Å². The van der Waals surface area contributed by atoms with E-state index in [2.05, 4.69) is 10.6 Å². The van der Waals surface area contributed by atoms with Crippen LogP contribution in [0.2, 0.25) is 5.02 Å². The SMILES string of the molecule is N#C/C(=C/Nc1cc([N+](=O)[O-])ccc1Cl)C(=O)Nc1ccc(O)cc1. The van der Waals surface area contributed by atoms with Gasteiger partial charge in [0.05, 0.1) is 15.6 Å². The number of hydrogen-bond acceptors (Lipinski definition) is 6. The lowest BCUT2D eigenvalue weighted by Crippen LogP contribution is -2.14. The van der Waals surface area contributed by atoms with Crippen molar-refractivity contribution in [2.24, 2.45) is 0 Å². The fourth-order valence-electron chi connectivity index (χ4n) is 1.78. The first-order valence-electron chi connectivity index (χ1n) is 6.82. The zero-order valence-electron chi connectivity index (χ0n) is 12.6. The Bertz CT molecular complexity index is 888. The second-order valence-corrected chi connectivity index (χ2v) is 5.14. The molecule has 0 atom stereocenters. The number of phenolic OH excluding ortho intramolecular Hbond substituents is 1. The Hall–Kier alpha value is -3.57. The number of halogens is 1. The molecule has 25 heavy (non-hydrogen) atoms. The summed E-state index contributed by atoms with van der Waals surface area (Å²) in [4.78, 5) is 22.3. The average molecular weight is 359 g/mol. The zero-order chi connectivity index (χ0) is 18.4. The molecule has 9 heteroatoms. The highest BCUT2D eigenvalue weighted by atomic mass is 35.5. The van der Waals surface area contributed by atoms with Crippen molar-refractivity contribution in [1.82, 2.24) is 0 Å². The Labute approximate surface area is 147 Å². The van der Waals surface area contributed by atoms with Crippen molar-refractivity contribution in [2.75, 3.05) is 10.6 Å². The Morgan fingerprint density at radius 2 is 1.96 bits per heavy atom. The first kappa shape index (κ1) is 17.8. The summed E-state index contributed by atoms with van der Waals surface area (Å²) in [6, 6.07) is 11.2. The van der Waals surface area contributed by atoms with E-state index < -0.39 is 10.8 Å². The number of amides is 1.